The molecule has 5 nitrogen and oxygen atoms in total. The first kappa shape index (κ1) is 16.4. The lowest BCUT2D eigenvalue weighted by Crippen LogP contribution is -2.25. The number of aryl methyl sites for hydroxylation is 2. The van der Waals surface area contributed by atoms with E-state index < -0.39 is 0 Å². The molecule has 0 radical (unpaired) electrons. The van der Waals surface area contributed by atoms with Crippen molar-refractivity contribution >= 4 is 22.9 Å². The highest BCUT2D eigenvalue weighted by molar-refractivity contribution is 7.11. The standard InChI is InChI=1S/C14H21ClN4OS/c1-5-16-12(14-9(2)18-10(3)21-14)13-11(15)8-17-19(13)6-7-20-4/h8,12,16H,5-7H2,1-4H3. The Morgan fingerprint density at radius 3 is 2.81 bits per heavy atom. The molecule has 0 spiro atoms. The van der Waals surface area contributed by atoms with E-state index in [2.05, 4.69) is 22.3 Å². The molecule has 0 aliphatic rings. The number of thiazole rings is 1. The van der Waals surface area contributed by atoms with Gasteiger partial charge in [0, 0.05) is 7.11 Å². The molecule has 0 aliphatic carbocycles. The van der Waals surface area contributed by atoms with Gasteiger partial charge in [-0.1, -0.05) is 18.5 Å². The summed E-state index contributed by atoms with van der Waals surface area (Å²) in [6.45, 7) is 8.26. The quantitative estimate of drug-likeness (QED) is 0.849. The molecule has 0 saturated carbocycles. The molecule has 0 fully saturated rings. The molecule has 21 heavy (non-hydrogen) atoms. The third kappa shape index (κ3) is 3.63. The summed E-state index contributed by atoms with van der Waals surface area (Å²) in [7, 11) is 1.68. The van der Waals surface area contributed by atoms with Crippen molar-refractivity contribution in [2.24, 2.45) is 0 Å². The van der Waals surface area contributed by atoms with E-state index in [9.17, 15) is 0 Å². The SMILES string of the molecule is CCNC(c1sc(C)nc1C)c1c(Cl)cnn1CCOC. The smallest absolute Gasteiger partial charge is 0.0900 e. The van der Waals surface area contributed by atoms with Gasteiger partial charge >= 0.3 is 0 Å². The van der Waals surface area contributed by atoms with E-state index in [1.165, 1.54) is 4.88 Å². The summed E-state index contributed by atoms with van der Waals surface area (Å²) in [5.74, 6) is 0. The van der Waals surface area contributed by atoms with Crippen molar-refractivity contribution in [3.63, 3.8) is 0 Å². The van der Waals surface area contributed by atoms with Crippen LogP contribution < -0.4 is 5.32 Å². The first-order valence-electron chi connectivity index (χ1n) is 6.95. The summed E-state index contributed by atoms with van der Waals surface area (Å²) in [6, 6.07) is 0.00746. The average Bonchev–Trinajstić information content (AvgIpc) is 2.97. The van der Waals surface area contributed by atoms with Gasteiger partial charge in [0.1, 0.15) is 0 Å². The minimum Gasteiger partial charge on any atom is -0.383 e. The van der Waals surface area contributed by atoms with Crippen molar-refractivity contribution in [2.45, 2.75) is 33.4 Å². The summed E-state index contributed by atoms with van der Waals surface area (Å²) < 4.78 is 7.06. The fraction of sp³-hybridized carbons (Fsp3) is 0.571. The molecule has 0 bridgehead atoms. The molecule has 7 heteroatoms. The largest absolute Gasteiger partial charge is 0.383 e. The van der Waals surface area contributed by atoms with Crippen LogP contribution in [0.2, 0.25) is 5.02 Å². The second-order valence-electron chi connectivity index (χ2n) is 4.77. The predicted octanol–water partition coefficient (Wildman–Crippen LogP) is 2.96. The minimum absolute atomic E-state index is 0.00746. The van der Waals surface area contributed by atoms with Crippen molar-refractivity contribution in [1.29, 1.82) is 0 Å². The van der Waals surface area contributed by atoms with Gasteiger partial charge in [-0.05, 0) is 20.4 Å². The number of hydrogen-bond acceptors (Lipinski definition) is 5. The van der Waals surface area contributed by atoms with E-state index in [-0.39, 0.29) is 6.04 Å². The molecule has 116 valence electrons. The third-order valence-electron chi connectivity index (χ3n) is 3.22. The van der Waals surface area contributed by atoms with Crippen LogP contribution in [0.5, 0.6) is 0 Å². The fourth-order valence-corrected chi connectivity index (χ4v) is 3.60. The van der Waals surface area contributed by atoms with Gasteiger partial charge < -0.3 is 10.1 Å². The van der Waals surface area contributed by atoms with Crippen LogP contribution in [0.4, 0.5) is 0 Å². The Bertz CT molecular complexity index is 596. The monoisotopic (exact) mass is 328 g/mol. The maximum atomic E-state index is 6.38. The van der Waals surface area contributed by atoms with E-state index in [0.717, 1.165) is 22.9 Å². The Balaban J connectivity index is 2.43. The van der Waals surface area contributed by atoms with Gasteiger partial charge in [0.2, 0.25) is 0 Å². The number of aromatic nitrogens is 3. The number of rotatable bonds is 7. The van der Waals surface area contributed by atoms with Crippen LogP contribution in [0.1, 0.15) is 34.2 Å². The molecule has 2 rings (SSSR count). The van der Waals surface area contributed by atoms with Crippen LogP contribution in [-0.2, 0) is 11.3 Å². The first-order valence-corrected chi connectivity index (χ1v) is 8.15. The molecule has 2 aromatic rings. The number of ether oxygens (including phenoxy) is 1. The van der Waals surface area contributed by atoms with Crippen molar-refractivity contribution in [3.8, 4) is 0 Å². The van der Waals surface area contributed by atoms with Crippen molar-refractivity contribution in [3.05, 3.63) is 32.5 Å². The van der Waals surface area contributed by atoms with Crippen LogP contribution >= 0.6 is 22.9 Å². The van der Waals surface area contributed by atoms with Crippen LogP contribution in [-0.4, -0.2) is 35.0 Å². The zero-order chi connectivity index (χ0) is 15.4. The second-order valence-corrected chi connectivity index (χ2v) is 6.41. The molecule has 2 heterocycles. The van der Waals surface area contributed by atoms with E-state index >= 15 is 0 Å². The number of hydrogen-bond donors (Lipinski definition) is 1. The predicted molar refractivity (Wildman–Crippen MR) is 86.2 cm³/mol. The zero-order valence-electron chi connectivity index (χ0n) is 12.8. The van der Waals surface area contributed by atoms with E-state index in [1.54, 1.807) is 24.6 Å². The molecular formula is C14H21ClN4OS. The molecule has 1 atom stereocenters. The Kier molecular flexibility index (Phi) is 5.75. The van der Waals surface area contributed by atoms with Gasteiger partial charge in [-0.3, -0.25) is 4.68 Å². The third-order valence-corrected chi connectivity index (χ3v) is 4.65. The lowest BCUT2D eigenvalue weighted by atomic mass is 10.1. The second kappa shape index (κ2) is 7.35. The lowest BCUT2D eigenvalue weighted by molar-refractivity contribution is 0.182. The van der Waals surface area contributed by atoms with Gasteiger partial charge in [0.05, 0.1) is 51.7 Å². The zero-order valence-corrected chi connectivity index (χ0v) is 14.4. The van der Waals surface area contributed by atoms with E-state index in [1.807, 2.05) is 18.5 Å². The lowest BCUT2D eigenvalue weighted by Gasteiger charge is -2.19. The Hall–Kier alpha value is -0.950. The van der Waals surface area contributed by atoms with Crippen molar-refractivity contribution in [2.75, 3.05) is 20.3 Å². The van der Waals surface area contributed by atoms with Crippen LogP contribution in [0.25, 0.3) is 0 Å². The highest BCUT2D eigenvalue weighted by atomic mass is 35.5. The van der Waals surface area contributed by atoms with Crippen molar-refractivity contribution < 1.29 is 4.74 Å². The van der Waals surface area contributed by atoms with E-state index in [4.69, 9.17) is 16.3 Å². The Morgan fingerprint density at radius 1 is 1.48 bits per heavy atom. The summed E-state index contributed by atoms with van der Waals surface area (Å²) in [6.07, 6.45) is 1.69. The number of halogens is 1. The number of methoxy groups -OCH3 is 1. The minimum atomic E-state index is 0.00746. The molecule has 0 aromatic carbocycles. The topological polar surface area (TPSA) is 52.0 Å². The Labute approximate surface area is 134 Å². The normalized spacial score (nSPS) is 12.8. The van der Waals surface area contributed by atoms with Crippen molar-refractivity contribution in [1.82, 2.24) is 20.1 Å². The molecule has 1 N–H and O–H groups in total. The average molecular weight is 329 g/mol. The summed E-state index contributed by atoms with van der Waals surface area (Å²) in [4.78, 5) is 5.72. The molecule has 0 saturated heterocycles. The van der Waals surface area contributed by atoms with Gasteiger partial charge in [-0.2, -0.15) is 5.10 Å². The number of nitrogens with one attached hydrogen (secondary N) is 1. The Morgan fingerprint density at radius 2 is 2.24 bits per heavy atom. The molecule has 0 aliphatic heterocycles. The fourth-order valence-electron chi connectivity index (χ4n) is 2.35. The van der Waals surface area contributed by atoms with E-state index in [0.29, 0.717) is 18.2 Å². The molecular weight excluding hydrogens is 308 g/mol. The molecule has 0 amide bonds. The number of nitrogens with zero attached hydrogens (tertiary/aromatic N) is 3. The van der Waals surface area contributed by atoms with Crippen LogP contribution in [0.3, 0.4) is 0 Å². The van der Waals surface area contributed by atoms with Crippen LogP contribution in [0.15, 0.2) is 6.20 Å². The summed E-state index contributed by atoms with van der Waals surface area (Å²) in [5, 5.41) is 9.59. The first-order chi connectivity index (χ1) is 10.1. The highest BCUT2D eigenvalue weighted by Crippen LogP contribution is 2.33. The molecule has 1 unspecified atom stereocenters. The maximum absolute atomic E-state index is 6.38. The van der Waals surface area contributed by atoms with Gasteiger partial charge in [0.25, 0.3) is 0 Å². The van der Waals surface area contributed by atoms with Gasteiger partial charge in [-0.25, -0.2) is 4.98 Å². The highest BCUT2D eigenvalue weighted by Gasteiger charge is 2.25. The molecule has 2 aromatic heterocycles. The van der Waals surface area contributed by atoms with Crippen LogP contribution in [0, 0.1) is 13.8 Å². The van der Waals surface area contributed by atoms with Gasteiger partial charge in [-0.15, -0.1) is 11.3 Å². The maximum Gasteiger partial charge on any atom is 0.0900 e. The summed E-state index contributed by atoms with van der Waals surface area (Å²) >= 11 is 8.08. The summed E-state index contributed by atoms with van der Waals surface area (Å²) in [5.41, 5.74) is 2.02. The van der Waals surface area contributed by atoms with Gasteiger partial charge in [0.15, 0.2) is 0 Å².